The molecule has 0 bridgehead atoms. The minimum atomic E-state index is -1.68. The number of ether oxygens (including phenoxy) is 2. The van der Waals surface area contributed by atoms with Gasteiger partial charge in [0.1, 0.15) is 17.2 Å². The average Bonchev–Trinajstić information content (AvgIpc) is 3.56. The lowest BCUT2D eigenvalue weighted by Gasteiger charge is -2.50. The van der Waals surface area contributed by atoms with E-state index in [2.05, 4.69) is 5.43 Å². The number of anilines is 2. The number of imide groups is 2. The van der Waals surface area contributed by atoms with Crippen LogP contribution in [-0.4, -0.2) is 52.9 Å². The van der Waals surface area contributed by atoms with Crippen LogP contribution in [0.25, 0.3) is 0 Å². The van der Waals surface area contributed by atoms with Crippen LogP contribution >= 0.6 is 23.2 Å². The number of carbonyl (C=O) groups is 4. The topological polar surface area (TPSA) is 169 Å². The molecule has 3 fully saturated rings. The lowest BCUT2D eigenvalue weighted by molar-refractivity contribution is -0.384. The summed E-state index contributed by atoms with van der Waals surface area (Å²) in [6.45, 7) is 0. The number of rotatable bonds is 8. The Morgan fingerprint density at radius 1 is 0.855 bits per heavy atom. The molecule has 1 saturated carbocycles. The molecular weight excluding hydrogens is 751 g/mol. The number of halogens is 2. The molecule has 55 heavy (non-hydrogen) atoms. The van der Waals surface area contributed by atoms with Gasteiger partial charge in [-0.05, 0) is 72.9 Å². The second kappa shape index (κ2) is 13.4. The van der Waals surface area contributed by atoms with Crippen molar-refractivity contribution in [1.82, 2.24) is 5.01 Å². The Bertz CT molecular complexity index is 2330. The second-order valence-corrected chi connectivity index (χ2v) is 14.8. The minimum absolute atomic E-state index is 0.00330. The Balaban J connectivity index is 1.32. The predicted molar refractivity (Wildman–Crippen MR) is 201 cm³/mol. The second-order valence-electron chi connectivity index (χ2n) is 13.9. The summed E-state index contributed by atoms with van der Waals surface area (Å²) in [6.07, 6.45) is 1.98. The van der Waals surface area contributed by atoms with E-state index in [9.17, 15) is 29.6 Å². The molecule has 6 atom stereocenters. The maximum atomic E-state index is 15.4. The number of non-ortho nitro benzene ring substituents is 1. The molecule has 0 radical (unpaired) electrons. The van der Waals surface area contributed by atoms with E-state index < -0.39 is 63.6 Å². The number of nitrogens with one attached hydrogen (secondary N) is 1. The summed E-state index contributed by atoms with van der Waals surface area (Å²) in [5, 5.41) is 24.5. The monoisotopic (exact) mass is 782 g/mol. The third kappa shape index (κ3) is 5.43. The number of allylic oxidation sites excluding steroid dienone is 2. The molecule has 0 spiro atoms. The van der Waals surface area contributed by atoms with Crippen LogP contribution in [0.5, 0.6) is 17.2 Å². The molecule has 2 aliphatic carbocycles. The Morgan fingerprint density at radius 2 is 1.55 bits per heavy atom. The summed E-state index contributed by atoms with van der Waals surface area (Å²) in [6, 6.07) is 21.3. The van der Waals surface area contributed by atoms with Crippen LogP contribution in [0.2, 0.25) is 10.0 Å². The highest BCUT2D eigenvalue weighted by atomic mass is 35.5. The van der Waals surface area contributed by atoms with Crippen LogP contribution in [0.15, 0.2) is 96.6 Å². The summed E-state index contributed by atoms with van der Waals surface area (Å²) in [7, 11) is 2.96. The van der Waals surface area contributed by atoms with Crippen molar-refractivity contribution < 1.29 is 38.7 Å². The van der Waals surface area contributed by atoms with Crippen LogP contribution in [-0.2, 0) is 24.6 Å². The van der Waals surface area contributed by atoms with Gasteiger partial charge in [-0.3, -0.25) is 39.6 Å². The zero-order chi connectivity index (χ0) is 38.9. The Labute approximate surface area is 324 Å². The van der Waals surface area contributed by atoms with Gasteiger partial charge in [-0.2, -0.15) is 5.01 Å². The minimum Gasteiger partial charge on any atom is -0.508 e. The zero-order valence-corrected chi connectivity index (χ0v) is 30.8. The summed E-state index contributed by atoms with van der Waals surface area (Å²) in [5.41, 5.74) is 2.88. The lowest BCUT2D eigenvalue weighted by Crippen LogP contribution is -2.53. The molecule has 2 aliphatic heterocycles. The first-order chi connectivity index (χ1) is 26.4. The standard InChI is InChI=1S/C40H32Cl2N4O9/c1-54-24-10-3-20(4-11-24)40-30(37(49)45(39(40)51)43-32-16-5-21(41)17-31(32)42)19-29-26(35(40)27-13-12-25(55-2)18-33(27)47)14-15-28-34(29)38(50)44(36(28)48)22-6-8-23(9-7-22)46(52)53/h3-14,16-18,28-30,34-35,43,47H,15,19H2,1-2H3. The summed E-state index contributed by atoms with van der Waals surface area (Å²) in [4.78, 5) is 70.7. The Hall–Kier alpha value is -5.92. The molecule has 2 heterocycles. The van der Waals surface area contributed by atoms with Gasteiger partial charge in [0.2, 0.25) is 11.8 Å². The predicted octanol–water partition coefficient (Wildman–Crippen LogP) is 6.81. The SMILES string of the molecule is COc1ccc(C23C(=O)N(Nc4ccc(Cl)cc4Cl)C(=O)C2CC2C(=CCC4C(=O)N(c5ccc([N+](=O)[O-])cc5)C(=O)C42)C3c2ccc(OC)cc2O)cc1. The highest BCUT2D eigenvalue weighted by molar-refractivity contribution is 6.36. The molecule has 4 amide bonds. The van der Waals surface area contributed by atoms with Gasteiger partial charge < -0.3 is 14.6 Å². The van der Waals surface area contributed by atoms with Gasteiger partial charge in [-0.1, -0.05) is 53.1 Å². The maximum absolute atomic E-state index is 15.4. The van der Waals surface area contributed by atoms with Crippen molar-refractivity contribution in [2.24, 2.45) is 23.7 Å². The van der Waals surface area contributed by atoms with Gasteiger partial charge in [-0.25, -0.2) is 0 Å². The summed E-state index contributed by atoms with van der Waals surface area (Å²) < 4.78 is 10.8. The maximum Gasteiger partial charge on any atom is 0.269 e. The normalized spacial score (nSPS) is 25.6. The van der Waals surface area contributed by atoms with Crippen LogP contribution in [0.3, 0.4) is 0 Å². The molecule has 6 unspecified atom stereocenters. The van der Waals surface area contributed by atoms with Crippen molar-refractivity contribution in [3.05, 3.63) is 128 Å². The number of hydrazine groups is 1. The summed E-state index contributed by atoms with van der Waals surface area (Å²) in [5.74, 6) is -6.14. The van der Waals surface area contributed by atoms with E-state index in [-0.39, 0.29) is 40.7 Å². The van der Waals surface area contributed by atoms with Crippen molar-refractivity contribution in [1.29, 1.82) is 0 Å². The number of hydrogen-bond acceptors (Lipinski definition) is 10. The van der Waals surface area contributed by atoms with Gasteiger partial charge in [0, 0.05) is 34.7 Å². The Kier molecular flexibility index (Phi) is 8.81. The van der Waals surface area contributed by atoms with Crippen LogP contribution in [0.4, 0.5) is 17.1 Å². The number of benzene rings is 4. The number of nitro groups is 1. The first-order valence-corrected chi connectivity index (χ1v) is 18.1. The number of aromatic hydroxyl groups is 1. The van der Waals surface area contributed by atoms with Gasteiger partial charge >= 0.3 is 0 Å². The van der Waals surface area contributed by atoms with E-state index in [1.54, 1.807) is 48.5 Å². The van der Waals surface area contributed by atoms with E-state index in [0.717, 1.165) is 9.91 Å². The van der Waals surface area contributed by atoms with Crippen molar-refractivity contribution in [2.75, 3.05) is 24.5 Å². The van der Waals surface area contributed by atoms with E-state index in [0.29, 0.717) is 33.2 Å². The van der Waals surface area contributed by atoms with Gasteiger partial charge in [-0.15, -0.1) is 0 Å². The molecule has 4 aromatic carbocycles. The molecule has 4 aliphatic rings. The molecule has 2 saturated heterocycles. The molecule has 8 rings (SSSR count). The number of nitro benzene ring substituents is 1. The number of phenols is 1. The van der Waals surface area contributed by atoms with Gasteiger partial charge in [0.05, 0.1) is 58.7 Å². The fourth-order valence-electron chi connectivity index (χ4n) is 9.06. The number of methoxy groups -OCH3 is 2. The number of phenolic OH excluding ortho intramolecular Hbond substituents is 1. The van der Waals surface area contributed by atoms with Crippen molar-refractivity contribution in [2.45, 2.75) is 24.2 Å². The lowest BCUT2D eigenvalue weighted by atomic mass is 9.49. The quantitative estimate of drug-likeness (QED) is 0.0838. The largest absolute Gasteiger partial charge is 0.508 e. The van der Waals surface area contributed by atoms with Gasteiger partial charge in [0.25, 0.3) is 17.5 Å². The molecule has 13 nitrogen and oxygen atoms in total. The van der Waals surface area contributed by atoms with Crippen molar-refractivity contribution >= 4 is 63.9 Å². The number of fused-ring (bicyclic) bond motifs is 4. The van der Waals surface area contributed by atoms with Crippen LogP contribution < -0.4 is 19.8 Å². The molecular formula is C40H32Cl2N4O9. The zero-order valence-electron chi connectivity index (χ0n) is 29.3. The fourth-order valence-corrected chi connectivity index (χ4v) is 9.51. The van der Waals surface area contributed by atoms with E-state index in [1.807, 2.05) is 6.08 Å². The van der Waals surface area contributed by atoms with E-state index >= 15 is 4.79 Å². The van der Waals surface area contributed by atoms with E-state index in [1.165, 1.54) is 50.6 Å². The third-order valence-corrected chi connectivity index (χ3v) is 12.0. The molecule has 0 aromatic heterocycles. The smallest absolute Gasteiger partial charge is 0.269 e. The number of nitrogens with zero attached hydrogens (tertiary/aromatic N) is 3. The summed E-state index contributed by atoms with van der Waals surface area (Å²) >= 11 is 12.7. The van der Waals surface area contributed by atoms with Crippen LogP contribution in [0.1, 0.15) is 29.9 Å². The van der Waals surface area contributed by atoms with Crippen molar-refractivity contribution in [3.8, 4) is 17.2 Å². The number of amides is 4. The molecule has 15 heteroatoms. The van der Waals surface area contributed by atoms with E-state index in [4.69, 9.17) is 32.7 Å². The van der Waals surface area contributed by atoms with Crippen molar-refractivity contribution in [3.63, 3.8) is 0 Å². The molecule has 4 aromatic rings. The highest BCUT2D eigenvalue weighted by Crippen LogP contribution is 2.65. The van der Waals surface area contributed by atoms with Crippen LogP contribution in [0, 0.1) is 33.8 Å². The third-order valence-electron chi connectivity index (χ3n) is 11.4. The Morgan fingerprint density at radius 3 is 2.18 bits per heavy atom. The first kappa shape index (κ1) is 36.1. The van der Waals surface area contributed by atoms with Gasteiger partial charge in [0.15, 0.2) is 0 Å². The number of hydrogen-bond donors (Lipinski definition) is 2. The fraction of sp³-hybridized carbons (Fsp3) is 0.250. The first-order valence-electron chi connectivity index (χ1n) is 17.3. The molecule has 280 valence electrons. The molecule has 2 N–H and O–H groups in total. The number of carbonyl (C=O) groups excluding carboxylic acids is 4. The highest BCUT2D eigenvalue weighted by Gasteiger charge is 2.70. The average molecular weight is 784 g/mol.